The van der Waals surface area contributed by atoms with Gasteiger partial charge in [-0.25, -0.2) is 24.7 Å². The number of carbonyl (C=O) groups is 12. The number of nitrogens with two attached hydrogens (primary N) is 1. The molecule has 1 fully saturated rings. The summed E-state index contributed by atoms with van der Waals surface area (Å²) < 4.78 is 0. The number of carbonyl (C=O) groups excluding carboxylic acids is 11. The number of allylic oxidation sites excluding steroid dienone is 2. The summed E-state index contributed by atoms with van der Waals surface area (Å²) in [6, 6.07) is -7.50. The number of carboxylic acids is 1. The number of hydrogen-bond acceptors (Lipinski definition) is 27. The summed E-state index contributed by atoms with van der Waals surface area (Å²) in [6.07, 6.45) is 0.722. The van der Waals surface area contributed by atoms with Gasteiger partial charge in [0.15, 0.2) is 4.87 Å². The van der Waals surface area contributed by atoms with Gasteiger partial charge in [0.05, 0.1) is 58.8 Å². The Morgan fingerprint density at radius 3 is 1.98 bits per heavy atom. The van der Waals surface area contributed by atoms with Crippen molar-refractivity contribution in [3.8, 4) is 21.4 Å². The Morgan fingerprint density at radius 1 is 0.714 bits per heavy atom. The molecule has 516 valence electrons. The molecule has 11 heterocycles. The Bertz CT molecular complexity index is 4150. The van der Waals surface area contributed by atoms with Gasteiger partial charge in [-0.15, -0.1) is 81.1 Å². The topological polar surface area (TPSA) is 471 Å². The molecule has 7 aliphatic rings. The van der Waals surface area contributed by atoms with E-state index in [9.17, 15) is 67.7 Å². The molecule has 4 aromatic heterocycles. The van der Waals surface area contributed by atoms with E-state index in [4.69, 9.17) is 25.7 Å². The quantitative estimate of drug-likeness (QED) is 0.121. The maximum absolute atomic E-state index is 14.8. The Morgan fingerprint density at radius 2 is 1.33 bits per heavy atom. The van der Waals surface area contributed by atoms with Gasteiger partial charge in [0.1, 0.15) is 89.8 Å². The van der Waals surface area contributed by atoms with Gasteiger partial charge in [-0.2, -0.15) is 0 Å². The number of pyridine rings is 1. The van der Waals surface area contributed by atoms with Crippen LogP contribution >= 0.6 is 81.1 Å². The van der Waals surface area contributed by atoms with Crippen molar-refractivity contribution in [3.63, 3.8) is 0 Å². The molecule has 0 radical (unpaired) electrons. The van der Waals surface area contributed by atoms with Crippen molar-refractivity contribution < 1.29 is 67.7 Å². The van der Waals surface area contributed by atoms with Crippen LogP contribution in [0.1, 0.15) is 92.4 Å². The van der Waals surface area contributed by atoms with Gasteiger partial charge in [-0.1, -0.05) is 18.7 Å². The second kappa shape index (κ2) is 31.0. The smallest absolute Gasteiger partial charge is 0.327 e. The van der Waals surface area contributed by atoms with Gasteiger partial charge in [0, 0.05) is 45.7 Å². The first-order valence-electron chi connectivity index (χ1n) is 30.1. The molecule has 32 nitrogen and oxygen atoms in total. The molecule has 0 spiro atoms. The molecule has 0 saturated carbocycles. The van der Waals surface area contributed by atoms with Crippen LogP contribution in [0.3, 0.4) is 0 Å². The Kier molecular flexibility index (Phi) is 22.8. The maximum Gasteiger partial charge on any atom is 0.327 e. The fourth-order valence-corrected chi connectivity index (χ4v) is 17.0. The highest BCUT2D eigenvalue weighted by Gasteiger charge is 2.44. The molecule has 0 aliphatic carbocycles. The Hall–Kier alpha value is -8.73. The van der Waals surface area contributed by atoms with E-state index in [2.05, 4.69) is 69.4 Å². The molecule has 13 N–H and O–H groups in total. The van der Waals surface area contributed by atoms with Gasteiger partial charge in [-0.3, -0.25) is 67.7 Å². The molecule has 0 aromatic carbocycles. The number of thioether (sulfide) groups is 4. The van der Waals surface area contributed by atoms with E-state index in [1.165, 1.54) is 101 Å². The molecule has 11 rings (SSSR count). The van der Waals surface area contributed by atoms with E-state index in [1.807, 2.05) is 0 Å². The molecular formula is C59H64N18O14S7. The third kappa shape index (κ3) is 16.5. The van der Waals surface area contributed by atoms with Crippen LogP contribution in [0.4, 0.5) is 0 Å². The summed E-state index contributed by atoms with van der Waals surface area (Å²) in [5, 5.41) is 51.8. The lowest BCUT2D eigenvalue weighted by molar-refractivity contribution is -0.141. The average Bonchev–Trinajstić information content (AvgIpc) is 1.76. The number of rotatable bonds is 4. The van der Waals surface area contributed by atoms with E-state index in [0.717, 1.165) is 25.6 Å². The first-order chi connectivity index (χ1) is 46.7. The number of aromatic nitrogens is 4. The number of aliphatic hydroxyl groups excluding tert-OH is 1. The standard InChI is InChI=1S/C59H64N18O14S7/c1-7-27-47(85)76-59(6)58(91)75-42(25(5)78)49(87)61-15-40(80)64-28(8-2)56(88)77-13-9-10-38(77)48(86)62-23(3)41-26(43(81)67-30(14-39(60)79)52-69-32(17-93-52)45(83)66-27)11-12-29(65-41)51-73-35(20-96-51)53-70-31(16-94-53)44(82)63-24(4)50-72-34(19-92-50)55-74-36(21-97-55)54-71-33(18-95-54)46(84)68-37(22-98-59)57(89)90/h7-8,11-12,19-21,23,25,30-33,37-38,42,78H,4,9-10,13-18,22H2,1-3,5-6H3,(H2,60,79)(H,61,87)(H,62,86)(H,63,82)(H,64,80)(H,66,83)(H,67,81)(H,68,84)(H,75,91)(H,76,85)(H,89,90)/b27-7-,28-8-/t23-,25-,30+,31+,32+,33+,37+,38+,42+,59+/m1/s1. The van der Waals surface area contributed by atoms with E-state index in [-0.39, 0.29) is 63.6 Å². The van der Waals surface area contributed by atoms with Crippen LogP contribution in [0, 0.1) is 0 Å². The third-order valence-corrected chi connectivity index (χ3v) is 22.9. The van der Waals surface area contributed by atoms with Gasteiger partial charge in [-0.05, 0) is 59.6 Å². The number of aliphatic hydroxyl groups is 1. The maximum atomic E-state index is 14.8. The van der Waals surface area contributed by atoms with Crippen LogP contribution in [-0.2, 0) is 52.7 Å². The van der Waals surface area contributed by atoms with Crippen molar-refractivity contribution in [2.24, 2.45) is 20.7 Å². The highest BCUT2D eigenvalue weighted by atomic mass is 32.2. The minimum absolute atomic E-state index is 0.00174. The van der Waals surface area contributed by atoms with Crippen LogP contribution in [0.5, 0.6) is 0 Å². The van der Waals surface area contributed by atoms with Crippen molar-refractivity contribution >= 4 is 173 Å². The lowest BCUT2D eigenvalue weighted by atomic mass is 10.0. The summed E-state index contributed by atoms with van der Waals surface area (Å²) in [6.45, 7) is 9.91. The van der Waals surface area contributed by atoms with Crippen molar-refractivity contribution in [1.82, 2.24) is 72.7 Å². The fourth-order valence-electron chi connectivity index (χ4n) is 10.4. The molecular weight excluding hydrogens is 1410 g/mol. The summed E-state index contributed by atoms with van der Waals surface area (Å²) in [5.41, 5.74) is 6.62. The van der Waals surface area contributed by atoms with Gasteiger partial charge in [0.2, 0.25) is 41.4 Å². The van der Waals surface area contributed by atoms with Crippen LogP contribution < -0.4 is 53.6 Å². The number of thiazole rings is 3. The van der Waals surface area contributed by atoms with Crippen LogP contribution in [-0.4, -0.2) is 210 Å². The fraction of sp³-hybridized carbons (Fsp3) is 0.407. The molecule has 16 bridgehead atoms. The van der Waals surface area contributed by atoms with E-state index >= 15 is 0 Å². The van der Waals surface area contributed by atoms with E-state index in [1.54, 1.807) is 23.1 Å². The molecule has 1 saturated heterocycles. The number of fused-ring (bicyclic) bond motifs is 8. The van der Waals surface area contributed by atoms with Gasteiger partial charge >= 0.3 is 5.97 Å². The van der Waals surface area contributed by atoms with Crippen LogP contribution in [0.15, 0.2) is 73.4 Å². The molecule has 0 unspecified atom stereocenters. The van der Waals surface area contributed by atoms with E-state index in [0.29, 0.717) is 60.4 Å². The predicted octanol–water partition coefficient (Wildman–Crippen LogP) is 0.136. The number of primary amides is 1. The summed E-state index contributed by atoms with van der Waals surface area (Å²) in [7, 11) is 0. The van der Waals surface area contributed by atoms with E-state index < -0.39 is 155 Å². The summed E-state index contributed by atoms with van der Waals surface area (Å²) in [4.78, 5) is 200. The largest absolute Gasteiger partial charge is 0.480 e. The lowest BCUT2D eigenvalue weighted by Gasteiger charge is -2.32. The highest BCUT2D eigenvalue weighted by Crippen LogP contribution is 2.35. The number of nitrogens with zero attached hydrogens (tertiary/aromatic N) is 8. The molecule has 4 aromatic rings. The third-order valence-electron chi connectivity index (χ3n) is 15.6. The number of carboxylic acid groups (broad SMARTS) is 1. The number of hydrogen-bond donors (Lipinski definition) is 12. The number of aliphatic carboxylic acids is 1. The second-order valence-electron chi connectivity index (χ2n) is 22.7. The molecule has 11 amide bonds. The minimum Gasteiger partial charge on any atom is -0.480 e. The average molecular weight is 1470 g/mol. The first kappa shape index (κ1) is 72.0. The van der Waals surface area contributed by atoms with Crippen molar-refractivity contribution in [2.45, 2.75) is 113 Å². The normalized spacial score (nSPS) is 27.1. The first-order valence-corrected chi connectivity index (χ1v) is 36.7. The molecule has 10 atom stereocenters. The van der Waals surface area contributed by atoms with Crippen LogP contribution in [0.2, 0.25) is 0 Å². The zero-order chi connectivity index (χ0) is 70.4. The zero-order valence-corrected chi connectivity index (χ0v) is 58.3. The zero-order valence-electron chi connectivity index (χ0n) is 52.6. The molecule has 7 aliphatic heterocycles. The predicted molar refractivity (Wildman–Crippen MR) is 370 cm³/mol. The summed E-state index contributed by atoms with van der Waals surface area (Å²) >= 11 is 7.56. The highest BCUT2D eigenvalue weighted by molar-refractivity contribution is 8.15. The second-order valence-corrected chi connectivity index (χ2v) is 29.7. The molecule has 39 heteroatoms. The monoisotopic (exact) mass is 1470 g/mol. The number of amides is 11. The summed E-state index contributed by atoms with van der Waals surface area (Å²) in [5.74, 6) is -11.8. The lowest BCUT2D eigenvalue weighted by Crippen LogP contribution is -2.62. The number of nitrogens with one attached hydrogen (secondary N) is 9. The number of aliphatic imine (C=N–C) groups is 3. The van der Waals surface area contributed by atoms with Crippen molar-refractivity contribution in [3.05, 3.63) is 86.1 Å². The Labute approximate surface area is 586 Å². The van der Waals surface area contributed by atoms with Crippen molar-refractivity contribution in [2.75, 3.05) is 36.1 Å². The molecule has 98 heavy (non-hydrogen) atoms. The Balaban J connectivity index is 1.05. The SMILES string of the molecule is C=C1NC(=O)[C@@H]2CSC(=N2)c2csc(n2)-c2ccc3c(n2)[C@@H](C)NC(=O)[C@@H]2CCCN2C(=O)/C(=C/C)NC(=O)CNC(=O)[C@H]([C@@H](C)O)NC(=O)[C@@](C)(NC(=O)/C(=C/C)NC(=O)[C@@H]2CSC(=N2)[C@H](CC(N)=O)NC3=O)SC[C@@H](C(=O)O)NC(=O)[C@@H]2CSC(=N2)c2csc(n2)-c2csc1n2. The van der Waals surface area contributed by atoms with Crippen molar-refractivity contribution in [1.29, 1.82) is 0 Å². The van der Waals surface area contributed by atoms with Gasteiger partial charge in [0.25, 0.3) is 23.6 Å². The minimum atomic E-state index is -2.35. The van der Waals surface area contributed by atoms with Gasteiger partial charge < -0.3 is 68.7 Å². The van der Waals surface area contributed by atoms with Crippen LogP contribution in [0.25, 0.3) is 27.1 Å².